The average molecular weight is 171 g/mol. The van der Waals surface area contributed by atoms with Gasteiger partial charge in [0.15, 0.2) is 0 Å². The Morgan fingerprint density at radius 2 is 2.25 bits per heavy atom. The number of hydrogen-bond acceptors (Lipinski definition) is 2. The monoisotopic (exact) mass is 171 g/mol. The van der Waals surface area contributed by atoms with E-state index in [0.717, 1.165) is 12.8 Å². The van der Waals surface area contributed by atoms with Crippen LogP contribution in [0.3, 0.4) is 0 Å². The average Bonchev–Trinajstić information content (AvgIpc) is 2.88. The summed E-state index contributed by atoms with van der Waals surface area (Å²) in [6, 6.07) is 0.407. The molecule has 0 saturated heterocycles. The second kappa shape index (κ2) is 3.90. The van der Waals surface area contributed by atoms with Crippen LogP contribution >= 0.6 is 0 Å². The lowest BCUT2D eigenvalue weighted by molar-refractivity contribution is -0.134. The van der Waals surface area contributed by atoms with Crippen molar-refractivity contribution in [2.75, 3.05) is 6.61 Å². The third-order valence-electron chi connectivity index (χ3n) is 2.27. The first-order valence-corrected chi connectivity index (χ1v) is 4.62. The molecule has 1 saturated carbocycles. The van der Waals surface area contributed by atoms with Crippen LogP contribution in [0.25, 0.3) is 0 Å². The van der Waals surface area contributed by atoms with Crippen LogP contribution in [0.15, 0.2) is 0 Å². The molecule has 0 aromatic heterocycles. The molecule has 70 valence electrons. The van der Waals surface area contributed by atoms with E-state index >= 15 is 0 Å². The Labute approximate surface area is 73.4 Å². The summed E-state index contributed by atoms with van der Waals surface area (Å²) in [5, 5.41) is 8.93. The molecule has 0 heterocycles. The molecule has 0 aromatic carbocycles. The zero-order valence-electron chi connectivity index (χ0n) is 7.79. The number of amides is 1. The van der Waals surface area contributed by atoms with Gasteiger partial charge in [-0.3, -0.25) is 4.79 Å². The molecule has 1 aliphatic rings. The predicted octanol–water partition coefficient (Wildman–Crippen LogP) is 0.768. The SMILES string of the molecule is CCC(=O)N(C1CC1)[C@@H](C)CO. The zero-order valence-corrected chi connectivity index (χ0v) is 7.79. The van der Waals surface area contributed by atoms with Crippen LogP contribution in [0.1, 0.15) is 33.1 Å². The van der Waals surface area contributed by atoms with Gasteiger partial charge in [-0.05, 0) is 19.8 Å². The molecule has 0 unspecified atom stereocenters. The first-order chi connectivity index (χ1) is 5.70. The molecule has 12 heavy (non-hydrogen) atoms. The molecule has 3 nitrogen and oxygen atoms in total. The third-order valence-corrected chi connectivity index (χ3v) is 2.27. The van der Waals surface area contributed by atoms with Crippen molar-refractivity contribution in [3.8, 4) is 0 Å². The molecule has 1 amide bonds. The summed E-state index contributed by atoms with van der Waals surface area (Å²) in [6.45, 7) is 3.83. The normalized spacial score (nSPS) is 18.9. The first kappa shape index (κ1) is 9.52. The van der Waals surface area contributed by atoms with E-state index in [2.05, 4.69) is 0 Å². The van der Waals surface area contributed by atoms with Crippen LogP contribution in [0.5, 0.6) is 0 Å². The molecule has 0 bridgehead atoms. The maximum Gasteiger partial charge on any atom is 0.222 e. The van der Waals surface area contributed by atoms with E-state index in [9.17, 15) is 4.79 Å². The van der Waals surface area contributed by atoms with Gasteiger partial charge in [-0.1, -0.05) is 6.92 Å². The Kier molecular flexibility index (Phi) is 3.09. The molecule has 0 spiro atoms. The number of carbonyl (C=O) groups excluding carboxylic acids is 1. The van der Waals surface area contributed by atoms with Gasteiger partial charge >= 0.3 is 0 Å². The molecule has 1 N–H and O–H groups in total. The summed E-state index contributed by atoms with van der Waals surface area (Å²) in [6.07, 6.45) is 2.76. The van der Waals surface area contributed by atoms with Gasteiger partial charge in [-0.15, -0.1) is 0 Å². The third kappa shape index (κ3) is 1.97. The Balaban J connectivity index is 2.53. The Hall–Kier alpha value is -0.570. The van der Waals surface area contributed by atoms with Crippen molar-refractivity contribution in [2.24, 2.45) is 0 Å². The first-order valence-electron chi connectivity index (χ1n) is 4.62. The highest BCUT2D eigenvalue weighted by Gasteiger charge is 2.34. The molecular formula is C9H17NO2. The summed E-state index contributed by atoms with van der Waals surface area (Å²) >= 11 is 0. The minimum absolute atomic E-state index is 0.00931. The van der Waals surface area contributed by atoms with E-state index < -0.39 is 0 Å². The second-order valence-electron chi connectivity index (χ2n) is 3.42. The minimum atomic E-state index is -0.00931. The lowest BCUT2D eigenvalue weighted by Gasteiger charge is -2.27. The number of carbonyl (C=O) groups is 1. The van der Waals surface area contributed by atoms with Crippen molar-refractivity contribution in [2.45, 2.75) is 45.2 Å². The van der Waals surface area contributed by atoms with Crippen molar-refractivity contribution in [1.82, 2.24) is 4.90 Å². The molecule has 0 radical (unpaired) electrons. The fraction of sp³-hybridized carbons (Fsp3) is 0.889. The molecule has 1 atom stereocenters. The number of rotatable bonds is 4. The smallest absolute Gasteiger partial charge is 0.222 e. The second-order valence-corrected chi connectivity index (χ2v) is 3.42. The van der Waals surface area contributed by atoms with Gasteiger partial charge in [0.05, 0.1) is 12.6 Å². The van der Waals surface area contributed by atoms with Gasteiger partial charge in [0.1, 0.15) is 0 Å². The number of aliphatic hydroxyl groups excluding tert-OH is 1. The van der Waals surface area contributed by atoms with Gasteiger partial charge < -0.3 is 10.0 Å². The molecular weight excluding hydrogens is 154 g/mol. The summed E-state index contributed by atoms with van der Waals surface area (Å²) in [4.78, 5) is 13.2. The lowest BCUT2D eigenvalue weighted by Crippen LogP contribution is -2.41. The Morgan fingerprint density at radius 1 is 1.67 bits per heavy atom. The van der Waals surface area contributed by atoms with Crippen LogP contribution < -0.4 is 0 Å². The molecule has 0 aromatic rings. The fourth-order valence-electron chi connectivity index (χ4n) is 1.43. The van der Waals surface area contributed by atoms with Crippen molar-refractivity contribution in [3.63, 3.8) is 0 Å². The van der Waals surface area contributed by atoms with Gasteiger partial charge in [0, 0.05) is 12.5 Å². The highest BCUT2D eigenvalue weighted by atomic mass is 16.3. The van der Waals surface area contributed by atoms with Crippen molar-refractivity contribution in [3.05, 3.63) is 0 Å². The summed E-state index contributed by atoms with van der Waals surface area (Å²) in [7, 11) is 0. The van der Waals surface area contributed by atoms with Gasteiger partial charge in [0.25, 0.3) is 0 Å². The van der Waals surface area contributed by atoms with Gasteiger partial charge in [-0.2, -0.15) is 0 Å². The van der Waals surface area contributed by atoms with Crippen molar-refractivity contribution < 1.29 is 9.90 Å². The van der Waals surface area contributed by atoms with Gasteiger partial charge in [0.2, 0.25) is 5.91 Å². The predicted molar refractivity (Wildman–Crippen MR) is 46.7 cm³/mol. The number of nitrogens with zero attached hydrogens (tertiary/aromatic N) is 1. The minimum Gasteiger partial charge on any atom is -0.394 e. The summed E-state index contributed by atoms with van der Waals surface area (Å²) in [5.74, 6) is 0.166. The standard InChI is InChI=1S/C9H17NO2/c1-3-9(12)10(7(2)6-11)8-4-5-8/h7-8,11H,3-6H2,1-2H3/t7-/m0/s1. The van der Waals surface area contributed by atoms with E-state index in [4.69, 9.17) is 5.11 Å². The van der Waals surface area contributed by atoms with Crippen LogP contribution in [-0.2, 0) is 4.79 Å². The van der Waals surface area contributed by atoms with E-state index in [1.54, 1.807) is 0 Å². The highest BCUT2D eigenvalue weighted by molar-refractivity contribution is 5.76. The Morgan fingerprint density at radius 3 is 2.58 bits per heavy atom. The van der Waals surface area contributed by atoms with Crippen LogP contribution in [0, 0.1) is 0 Å². The van der Waals surface area contributed by atoms with E-state index in [-0.39, 0.29) is 18.6 Å². The highest BCUT2D eigenvalue weighted by Crippen LogP contribution is 2.28. The maximum atomic E-state index is 11.4. The lowest BCUT2D eigenvalue weighted by atomic mass is 10.2. The molecule has 1 aliphatic carbocycles. The van der Waals surface area contributed by atoms with Crippen LogP contribution in [0.2, 0.25) is 0 Å². The number of aliphatic hydroxyl groups is 1. The fourth-order valence-corrected chi connectivity index (χ4v) is 1.43. The largest absolute Gasteiger partial charge is 0.394 e. The summed E-state index contributed by atoms with van der Waals surface area (Å²) < 4.78 is 0. The van der Waals surface area contributed by atoms with Crippen LogP contribution in [-0.4, -0.2) is 34.6 Å². The summed E-state index contributed by atoms with van der Waals surface area (Å²) in [5.41, 5.74) is 0. The van der Waals surface area contributed by atoms with E-state index in [0.29, 0.717) is 12.5 Å². The molecule has 1 rings (SSSR count). The number of hydrogen-bond donors (Lipinski definition) is 1. The van der Waals surface area contributed by atoms with Crippen LogP contribution in [0.4, 0.5) is 0 Å². The topological polar surface area (TPSA) is 40.5 Å². The quantitative estimate of drug-likeness (QED) is 0.678. The van der Waals surface area contributed by atoms with E-state index in [1.807, 2.05) is 18.7 Å². The van der Waals surface area contributed by atoms with E-state index in [1.165, 1.54) is 0 Å². The van der Waals surface area contributed by atoms with Crippen molar-refractivity contribution >= 4 is 5.91 Å². The molecule has 3 heteroatoms. The van der Waals surface area contributed by atoms with Crippen molar-refractivity contribution in [1.29, 1.82) is 0 Å². The van der Waals surface area contributed by atoms with Gasteiger partial charge in [-0.25, -0.2) is 0 Å². The molecule has 0 aliphatic heterocycles. The Bertz CT molecular complexity index is 166. The maximum absolute atomic E-state index is 11.4. The zero-order chi connectivity index (χ0) is 9.14. The molecule has 1 fully saturated rings.